The van der Waals surface area contributed by atoms with E-state index in [0.29, 0.717) is 18.8 Å². The fourth-order valence-corrected chi connectivity index (χ4v) is 2.44. The maximum absolute atomic E-state index is 14.1. The average Bonchev–Trinajstić information content (AvgIpc) is 2.47. The van der Waals surface area contributed by atoms with E-state index in [1.165, 1.54) is 19.2 Å². The summed E-state index contributed by atoms with van der Waals surface area (Å²) in [5, 5.41) is 0. The predicted molar refractivity (Wildman–Crippen MR) is 74.4 cm³/mol. The van der Waals surface area contributed by atoms with Crippen molar-refractivity contribution in [2.75, 3.05) is 37.9 Å². The van der Waals surface area contributed by atoms with Crippen molar-refractivity contribution in [3.05, 3.63) is 23.5 Å². The number of piperidine rings is 1. The van der Waals surface area contributed by atoms with Crippen molar-refractivity contribution >= 4 is 17.3 Å². The highest BCUT2D eigenvalue weighted by molar-refractivity contribution is 5.96. The molecule has 1 saturated heterocycles. The minimum absolute atomic E-state index is 0.0878. The smallest absolute Gasteiger partial charge is 0.340 e. The quantitative estimate of drug-likeness (QED) is 0.676. The lowest BCUT2D eigenvalue weighted by Crippen LogP contribution is -2.37. The Labute approximate surface area is 117 Å². The van der Waals surface area contributed by atoms with Crippen LogP contribution in [0.2, 0.25) is 0 Å². The number of halogens is 1. The summed E-state index contributed by atoms with van der Waals surface area (Å²) >= 11 is 0. The first-order chi connectivity index (χ1) is 9.56. The average molecular weight is 282 g/mol. The second-order valence-electron chi connectivity index (χ2n) is 4.80. The number of nitrogen functional groups attached to an aromatic ring is 1. The van der Waals surface area contributed by atoms with E-state index in [1.807, 2.05) is 4.90 Å². The van der Waals surface area contributed by atoms with Gasteiger partial charge in [-0.25, -0.2) is 9.18 Å². The molecule has 0 saturated carbocycles. The van der Waals surface area contributed by atoms with Crippen LogP contribution in [0.25, 0.3) is 0 Å². The molecule has 1 aromatic carbocycles. The summed E-state index contributed by atoms with van der Waals surface area (Å²) in [7, 11) is 2.95. The zero-order chi connectivity index (χ0) is 14.7. The van der Waals surface area contributed by atoms with Crippen LogP contribution < -0.4 is 10.6 Å². The Morgan fingerprint density at radius 3 is 2.55 bits per heavy atom. The lowest BCUT2D eigenvalue weighted by atomic mass is 10.1. The third-order valence-corrected chi connectivity index (χ3v) is 3.64. The number of methoxy groups -OCH3 is 2. The number of nitrogens with two attached hydrogens (primary N) is 1. The van der Waals surface area contributed by atoms with Crippen molar-refractivity contribution in [1.82, 2.24) is 0 Å². The van der Waals surface area contributed by atoms with Crippen LogP contribution in [0.15, 0.2) is 12.1 Å². The molecule has 0 unspecified atom stereocenters. The second kappa shape index (κ2) is 6.09. The van der Waals surface area contributed by atoms with Gasteiger partial charge in [-0.15, -0.1) is 0 Å². The zero-order valence-electron chi connectivity index (χ0n) is 11.7. The van der Waals surface area contributed by atoms with Crippen molar-refractivity contribution in [3.63, 3.8) is 0 Å². The molecule has 0 amide bonds. The van der Waals surface area contributed by atoms with Gasteiger partial charge in [0.1, 0.15) is 5.82 Å². The molecule has 2 rings (SSSR count). The van der Waals surface area contributed by atoms with Gasteiger partial charge < -0.3 is 20.1 Å². The summed E-state index contributed by atoms with van der Waals surface area (Å²) in [5.74, 6) is -0.985. The minimum atomic E-state index is -0.560. The maximum Gasteiger partial charge on any atom is 0.340 e. The molecular formula is C14H19FN2O3. The lowest BCUT2D eigenvalue weighted by molar-refractivity contribution is 0.0601. The van der Waals surface area contributed by atoms with Crippen molar-refractivity contribution in [3.8, 4) is 0 Å². The first-order valence-electron chi connectivity index (χ1n) is 6.52. The number of benzene rings is 1. The fraction of sp³-hybridized carbons (Fsp3) is 0.500. The van der Waals surface area contributed by atoms with Gasteiger partial charge in [0, 0.05) is 25.9 Å². The molecule has 1 heterocycles. The van der Waals surface area contributed by atoms with E-state index in [4.69, 9.17) is 10.5 Å². The molecule has 5 nitrogen and oxygen atoms in total. The van der Waals surface area contributed by atoms with Gasteiger partial charge in [-0.2, -0.15) is 0 Å². The molecule has 1 aromatic rings. The zero-order valence-corrected chi connectivity index (χ0v) is 11.7. The van der Waals surface area contributed by atoms with Crippen molar-refractivity contribution in [2.45, 2.75) is 18.9 Å². The normalized spacial score (nSPS) is 16.2. The molecule has 0 spiro atoms. The van der Waals surface area contributed by atoms with Crippen LogP contribution in [0.3, 0.4) is 0 Å². The van der Waals surface area contributed by atoms with Gasteiger partial charge in [-0.05, 0) is 25.0 Å². The largest absolute Gasteiger partial charge is 0.465 e. The summed E-state index contributed by atoms with van der Waals surface area (Å²) in [4.78, 5) is 13.5. The van der Waals surface area contributed by atoms with E-state index in [9.17, 15) is 9.18 Å². The van der Waals surface area contributed by atoms with E-state index >= 15 is 0 Å². The summed E-state index contributed by atoms with van der Waals surface area (Å²) in [6.45, 7) is 1.36. The van der Waals surface area contributed by atoms with Crippen molar-refractivity contribution in [1.29, 1.82) is 0 Å². The Balaban J connectivity index is 2.25. The monoisotopic (exact) mass is 282 g/mol. The van der Waals surface area contributed by atoms with E-state index in [-0.39, 0.29) is 17.4 Å². The Morgan fingerprint density at radius 1 is 1.35 bits per heavy atom. The van der Waals surface area contributed by atoms with Crippen LogP contribution in [0, 0.1) is 5.82 Å². The van der Waals surface area contributed by atoms with Gasteiger partial charge in [-0.3, -0.25) is 0 Å². The van der Waals surface area contributed by atoms with Crippen LogP contribution in [0.4, 0.5) is 15.8 Å². The van der Waals surface area contributed by atoms with Gasteiger partial charge in [0.05, 0.1) is 24.5 Å². The number of carbonyl (C=O) groups excluding carboxylic acids is 1. The number of nitrogens with zero attached hydrogens (tertiary/aromatic N) is 1. The molecule has 0 aliphatic carbocycles. The summed E-state index contributed by atoms with van der Waals surface area (Å²) in [6.07, 6.45) is 1.87. The lowest BCUT2D eigenvalue weighted by Gasteiger charge is -2.33. The Bertz CT molecular complexity index is 499. The molecule has 1 aliphatic rings. The molecule has 0 radical (unpaired) electrons. The topological polar surface area (TPSA) is 64.8 Å². The van der Waals surface area contributed by atoms with Crippen LogP contribution >= 0.6 is 0 Å². The van der Waals surface area contributed by atoms with E-state index in [2.05, 4.69) is 4.74 Å². The standard InChI is InChI=1S/C14H19FN2O3/c1-19-9-3-5-17(6-4-9)13-7-10(14(18)20-2)12(16)8-11(13)15/h7-9H,3-6,16H2,1-2H3. The van der Waals surface area contributed by atoms with E-state index in [0.717, 1.165) is 12.8 Å². The van der Waals surface area contributed by atoms with Gasteiger partial charge in [0.2, 0.25) is 0 Å². The van der Waals surface area contributed by atoms with Crippen molar-refractivity contribution in [2.24, 2.45) is 0 Å². The number of hydrogen-bond donors (Lipinski definition) is 1. The third-order valence-electron chi connectivity index (χ3n) is 3.64. The van der Waals surface area contributed by atoms with E-state index < -0.39 is 11.8 Å². The van der Waals surface area contributed by atoms with Crippen LogP contribution in [0.5, 0.6) is 0 Å². The molecule has 20 heavy (non-hydrogen) atoms. The highest BCUT2D eigenvalue weighted by Crippen LogP contribution is 2.28. The molecular weight excluding hydrogens is 263 g/mol. The molecule has 0 bridgehead atoms. The number of ether oxygens (including phenoxy) is 2. The van der Waals surface area contributed by atoms with Crippen LogP contribution in [-0.2, 0) is 9.47 Å². The van der Waals surface area contributed by atoms with Crippen molar-refractivity contribution < 1.29 is 18.7 Å². The number of hydrogen-bond acceptors (Lipinski definition) is 5. The fourth-order valence-electron chi connectivity index (χ4n) is 2.44. The van der Waals surface area contributed by atoms with Gasteiger partial charge in [-0.1, -0.05) is 0 Å². The van der Waals surface area contributed by atoms with E-state index in [1.54, 1.807) is 7.11 Å². The predicted octanol–water partition coefficient (Wildman–Crippen LogP) is 1.81. The first kappa shape index (κ1) is 14.6. The van der Waals surface area contributed by atoms with Crippen LogP contribution in [0.1, 0.15) is 23.2 Å². The molecule has 6 heteroatoms. The summed E-state index contributed by atoms with van der Waals surface area (Å²) in [5.41, 5.74) is 6.32. The number of anilines is 2. The highest BCUT2D eigenvalue weighted by Gasteiger charge is 2.23. The Hall–Kier alpha value is -1.82. The Morgan fingerprint density at radius 2 is 2.00 bits per heavy atom. The minimum Gasteiger partial charge on any atom is -0.465 e. The third kappa shape index (κ3) is 2.85. The SMILES string of the molecule is COC(=O)c1cc(N2CCC(OC)CC2)c(F)cc1N. The van der Waals surface area contributed by atoms with Crippen LogP contribution in [-0.4, -0.2) is 39.4 Å². The number of esters is 1. The molecule has 110 valence electrons. The molecule has 0 aromatic heterocycles. The molecule has 1 aliphatic heterocycles. The maximum atomic E-state index is 14.1. The highest BCUT2D eigenvalue weighted by atomic mass is 19.1. The van der Waals surface area contributed by atoms with Gasteiger partial charge in [0.25, 0.3) is 0 Å². The molecule has 2 N–H and O–H groups in total. The molecule has 1 fully saturated rings. The Kier molecular flexibility index (Phi) is 4.44. The number of rotatable bonds is 3. The summed E-state index contributed by atoms with van der Waals surface area (Å²) < 4.78 is 24.0. The number of carbonyl (C=O) groups is 1. The van der Waals surface area contributed by atoms with Gasteiger partial charge >= 0.3 is 5.97 Å². The van der Waals surface area contributed by atoms with Gasteiger partial charge in [0.15, 0.2) is 0 Å². The first-order valence-corrected chi connectivity index (χ1v) is 6.52. The molecule has 0 atom stereocenters. The summed E-state index contributed by atoms with van der Waals surface area (Å²) in [6, 6.07) is 2.63. The second-order valence-corrected chi connectivity index (χ2v) is 4.80.